The molecular formula is C20H17N3O2. The number of pyridine rings is 1. The van der Waals surface area contributed by atoms with Crippen LogP contribution in [0.2, 0.25) is 0 Å². The van der Waals surface area contributed by atoms with Crippen LogP contribution in [0.3, 0.4) is 0 Å². The van der Waals surface area contributed by atoms with Gasteiger partial charge < -0.3 is 14.6 Å². The van der Waals surface area contributed by atoms with E-state index in [-0.39, 0.29) is 12.5 Å². The molecule has 1 N–H and O–H groups in total. The predicted molar refractivity (Wildman–Crippen MR) is 98.9 cm³/mol. The number of rotatable bonds is 4. The zero-order valence-corrected chi connectivity index (χ0v) is 13.8. The van der Waals surface area contributed by atoms with Gasteiger partial charge in [-0.05, 0) is 29.7 Å². The molecule has 4 aromatic rings. The maximum atomic E-state index is 12.6. The van der Waals surface area contributed by atoms with Crippen LogP contribution in [0.25, 0.3) is 21.8 Å². The van der Waals surface area contributed by atoms with Gasteiger partial charge in [0.1, 0.15) is 12.3 Å². The summed E-state index contributed by atoms with van der Waals surface area (Å²) in [6.07, 6.45) is 3.64. The minimum atomic E-state index is -0.110. The number of ether oxygens (including phenoxy) is 1. The molecule has 0 unspecified atom stereocenters. The highest BCUT2D eigenvalue weighted by Crippen LogP contribution is 2.27. The number of amides is 1. The Kier molecular flexibility index (Phi) is 3.82. The first kappa shape index (κ1) is 15.2. The number of para-hydroxylation sites is 1. The number of aromatic nitrogens is 2. The summed E-state index contributed by atoms with van der Waals surface area (Å²) in [6.45, 7) is 0.235. The molecule has 5 nitrogen and oxygen atoms in total. The maximum Gasteiger partial charge on any atom is 0.244 e. The van der Waals surface area contributed by atoms with Gasteiger partial charge in [0.2, 0.25) is 5.91 Å². The Hall–Kier alpha value is -3.34. The first-order valence-electron chi connectivity index (χ1n) is 8.01. The van der Waals surface area contributed by atoms with Crippen LogP contribution in [-0.4, -0.2) is 22.6 Å². The van der Waals surface area contributed by atoms with Gasteiger partial charge in [-0.15, -0.1) is 0 Å². The number of hydrogen-bond donors (Lipinski definition) is 1. The number of benzene rings is 2. The fourth-order valence-electron chi connectivity index (χ4n) is 3.00. The number of nitrogens with one attached hydrogen (secondary N) is 1. The highest BCUT2D eigenvalue weighted by molar-refractivity contribution is 6.01. The lowest BCUT2D eigenvalue weighted by Gasteiger charge is -2.11. The van der Waals surface area contributed by atoms with Crippen LogP contribution in [0, 0.1) is 0 Å². The zero-order valence-electron chi connectivity index (χ0n) is 13.8. The third-order valence-electron chi connectivity index (χ3n) is 4.18. The maximum absolute atomic E-state index is 12.6. The normalized spacial score (nSPS) is 10.9. The lowest BCUT2D eigenvalue weighted by Crippen LogP contribution is -2.18. The number of anilines is 1. The second-order valence-corrected chi connectivity index (χ2v) is 5.80. The van der Waals surface area contributed by atoms with Crippen molar-refractivity contribution in [2.45, 2.75) is 6.54 Å². The van der Waals surface area contributed by atoms with Crippen LogP contribution in [0.5, 0.6) is 5.75 Å². The zero-order chi connectivity index (χ0) is 17.2. The molecule has 5 heteroatoms. The Morgan fingerprint density at radius 2 is 1.96 bits per heavy atom. The van der Waals surface area contributed by atoms with E-state index in [1.54, 1.807) is 19.4 Å². The number of nitrogens with zero attached hydrogens (tertiary/aromatic N) is 2. The van der Waals surface area contributed by atoms with Crippen LogP contribution in [0.4, 0.5) is 5.69 Å². The van der Waals surface area contributed by atoms with E-state index in [9.17, 15) is 4.79 Å². The molecule has 25 heavy (non-hydrogen) atoms. The molecule has 1 amide bonds. The van der Waals surface area contributed by atoms with E-state index in [0.717, 1.165) is 21.8 Å². The van der Waals surface area contributed by atoms with Crippen LogP contribution in [-0.2, 0) is 11.3 Å². The van der Waals surface area contributed by atoms with Gasteiger partial charge in [-0.2, -0.15) is 0 Å². The fraction of sp³-hybridized carbons (Fsp3) is 0.100. The number of methoxy groups -OCH3 is 1. The second-order valence-electron chi connectivity index (χ2n) is 5.80. The van der Waals surface area contributed by atoms with Gasteiger partial charge in [-0.1, -0.05) is 24.3 Å². The summed E-state index contributed by atoms with van der Waals surface area (Å²) in [7, 11) is 1.61. The van der Waals surface area contributed by atoms with E-state index >= 15 is 0 Å². The van der Waals surface area contributed by atoms with E-state index in [1.807, 2.05) is 59.3 Å². The van der Waals surface area contributed by atoms with Gasteiger partial charge in [0, 0.05) is 29.4 Å². The van der Waals surface area contributed by atoms with Crippen molar-refractivity contribution < 1.29 is 9.53 Å². The number of fused-ring (bicyclic) bond motifs is 2. The highest BCUT2D eigenvalue weighted by Gasteiger charge is 2.11. The average molecular weight is 331 g/mol. The smallest absolute Gasteiger partial charge is 0.244 e. The van der Waals surface area contributed by atoms with E-state index < -0.39 is 0 Å². The Morgan fingerprint density at radius 3 is 2.84 bits per heavy atom. The van der Waals surface area contributed by atoms with Crippen LogP contribution < -0.4 is 10.1 Å². The van der Waals surface area contributed by atoms with Gasteiger partial charge in [0.25, 0.3) is 0 Å². The molecule has 0 aliphatic rings. The first-order chi connectivity index (χ1) is 12.2. The quantitative estimate of drug-likeness (QED) is 0.618. The van der Waals surface area contributed by atoms with Gasteiger partial charge in [0.15, 0.2) is 0 Å². The first-order valence-corrected chi connectivity index (χ1v) is 8.01. The summed E-state index contributed by atoms with van der Waals surface area (Å²) < 4.78 is 7.25. The predicted octanol–water partition coefficient (Wildman–Crippen LogP) is 3.84. The van der Waals surface area contributed by atoms with Crippen molar-refractivity contribution >= 4 is 33.4 Å². The minimum absolute atomic E-state index is 0.110. The summed E-state index contributed by atoms with van der Waals surface area (Å²) in [5.41, 5.74) is 2.43. The van der Waals surface area contributed by atoms with E-state index in [1.165, 1.54) is 0 Å². The summed E-state index contributed by atoms with van der Waals surface area (Å²) in [4.78, 5) is 16.9. The molecule has 124 valence electrons. The van der Waals surface area contributed by atoms with Gasteiger partial charge in [-0.3, -0.25) is 9.78 Å². The second kappa shape index (κ2) is 6.28. The van der Waals surface area contributed by atoms with E-state index in [0.29, 0.717) is 11.4 Å². The van der Waals surface area contributed by atoms with Crippen molar-refractivity contribution in [3.8, 4) is 5.75 Å². The standard InChI is InChI=1S/C20H17N3O2/c1-25-16-11-15-6-4-9-21-20(15)17(12-16)22-19(24)13-23-10-8-14-5-2-3-7-18(14)23/h2-12H,13H2,1H3,(H,22,24). The van der Waals surface area contributed by atoms with Crippen LogP contribution in [0.15, 0.2) is 67.0 Å². The topological polar surface area (TPSA) is 56.1 Å². The van der Waals surface area contributed by atoms with Crippen molar-refractivity contribution in [3.63, 3.8) is 0 Å². The number of carbonyl (C=O) groups is 1. The van der Waals surface area contributed by atoms with Crippen molar-refractivity contribution in [2.75, 3.05) is 12.4 Å². The number of hydrogen-bond acceptors (Lipinski definition) is 3. The molecular weight excluding hydrogens is 314 g/mol. The summed E-state index contributed by atoms with van der Waals surface area (Å²) in [6, 6.07) is 17.5. The van der Waals surface area contributed by atoms with Crippen molar-refractivity contribution in [1.29, 1.82) is 0 Å². The molecule has 0 saturated carbocycles. The molecule has 0 radical (unpaired) electrons. The fourth-order valence-corrected chi connectivity index (χ4v) is 3.00. The third-order valence-corrected chi connectivity index (χ3v) is 4.18. The Labute approximate surface area is 144 Å². The Morgan fingerprint density at radius 1 is 1.12 bits per heavy atom. The summed E-state index contributed by atoms with van der Waals surface area (Å²) in [5, 5.41) is 4.99. The SMILES string of the molecule is COc1cc(NC(=O)Cn2ccc3ccccc32)c2ncccc2c1. The molecule has 0 aliphatic carbocycles. The Bertz CT molecular complexity index is 1070. The molecule has 4 rings (SSSR count). The van der Waals surface area contributed by atoms with Crippen molar-refractivity contribution in [3.05, 3.63) is 67.0 Å². The lowest BCUT2D eigenvalue weighted by atomic mass is 10.1. The molecule has 2 aromatic heterocycles. The van der Waals surface area contributed by atoms with Gasteiger partial charge >= 0.3 is 0 Å². The molecule has 2 aromatic carbocycles. The average Bonchev–Trinajstić information content (AvgIpc) is 3.04. The molecule has 0 aliphatic heterocycles. The summed E-state index contributed by atoms with van der Waals surface area (Å²) in [5.74, 6) is 0.573. The number of carbonyl (C=O) groups excluding carboxylic acids is 1. The van der Waals surface area contributed by atoms with E-state index in [4.69, 9.17) is 4.74 Å². The van der Waals surface area contributed by atoms with Crippen LogP contribution in [0.1, 0.15) is 0 Å². The molecule has 0 atom stereocenters. The van der Waals surface area contributed by atoms with E-state index in [2.05, 4.69) is 10.3 Å². The largest absolute Gasteiger partial charge is 0.497 e. The molecule has 2 heterocycles. The highest BCUT2D eigenvalue weighted by atomic mass is 16.5. The molecule has 0 saturated heterocycles. The van der Waals surface area contributed by atoms with Crippen molar-refractivity contribution in [1.82, 2.24) is 9.55 Å². The molecule has 0 fully saturated rings. The minimum Gasteiger partial charge on any atom is -0.497 e. The summed E-state index contributed by atoms with van der Waals surface area (Å²) >= 11 is 0. The monoisotopic (exact) mass is 331 g/mol. The van der Waals surface area contributed by atoms with Crippen LogP contribution >= 0.6 is 0 Å². The van der Waals surface area contributed by atoms with Crippen molar-refractivity contribution in [2.24, 2.45) is 0 Å². The lowest BCUT2D eigenvalue weighted by molar-refractivity contribution is -0.116. The molecule has 0 spiro atoms. The Balaban J connectivity index is 1.63. The van der Waals surface area contributed by atoms with Gasteiger partial charge in [-0.25, -0.2) is 0 Å². The van der Waals surface area contributed by atoms with Gasteiger partial charge in [0.05, 0.1) is 18.3 Å². The third kappa shape index (κ3) is 2.92. The molecule has 0 bridgehead atoms.